The van der Waals surface area contributed by atoms with Crippen LogP contribution in [-0.4, -0.2) is 22.3 Å². The van der Waals surface area contributed by atoms with Gasteiger partial charge in [-0.2, -0.15) is 5.10 Å². The summed E-state index contributed by atoms with van der Waals surface area (Å²) in [5, 5.41) is 18.7. The molecule has 0 radical (unpaired) electrons. The van der Waals surface area contributed by atoms with E-state index in [0.29, 0.717) is 21.5 Å². The number of amides is 1. The van der Waals surface area contributed by atoms with E-state index in [9.17, 15) is 10.0 Å². The van der Waals surface area contributed by atoms with Crippen LogP contribution in [0.2, 0.25) is 0 Å². The summed E-state index contributed by atoms with van der Waals surface area (Å²) >= 11 is 0. The zero-order valence-corrected chi connectivity index (χ0v) is 10.6. The second-order valence-electron chi connectivity index (χ2n) is 4.12. The maximum atomic E-state index is 11.7. The smallest absolute Gasteiger partial charge is 0.272 e. The Kier molecular flexibility index (Phi) is 3.26. The molecule has 1 N–H and O–H groups in total. The van der Waals surface area contributed by atoms with Crippen LogP contribution in [0.1, 0.15) is 15.9 Å². The van der Waals surface area contributed by atoms with Gasteiger partial charge in [0.05, 0.1) is 11.8 Å². The topological polar surface area (TPSA) is 107 Å². The molecule has 0 aliphatic rings. The lowest BCUT2D eigenvalue weighted by Crippen LogP contribution is -2.22. The molecule has 2 aromatic heterocycles. The predicted molar refractivity (Wildman–Crippen MR) is 72.3 cm³/mol. The molecule has 0 unspecified atom stereocenters. The van der Waals surface area contributed by atoms with Crippen molar-refractivity contribution in [2.24, 2.45) is 5.10 Å². The summed E-state index contributed by atoms with van der Waals surface area (Å²) in [6, 6.07) is 8.16. The van der Waals surface area contributed by atoms with Crippen molar-refractivity contribution in [1.29, 1.82) is 0 Å². The Labute approximate surface area is 118 Å². The first-order valence-electron chi connectivity index (χ1n) is 5.97. The van der Waals surface area contributed by atoms with E-state index >= 15 is 0 Å². The Bertz CT molecular complexity index is 813. The maximum Gasteiger partial charge on any atom is 0.272 e. The highest BCUT2D eigenvalue weighted by atomic mass is 16.8. The van der Waals surface area contributed by atoms with Crippen LogP contribution in [0.15, 0.2) is 52.5 Å². The van der Waals surface area contributed by atoms with E-state index in [-0.39, 0.29) is 11.4 Å². The molecule has 0 aliphatic heterocycles. The molecule has 0 atom stereocenters. The molecule has 8 heteroatoms. The largest absolute Gasteiger partial charge is 0.359 e. The number of nitrogens with zero attached hydrogens (tertiary/aromatic N) is 4. The van der Waals surface area contributed by atoms with E-state index in [4.69, 9.17) is 0 Å². The SMILES string of the molecule is O=C(N/N=C/c1ccc2no[n+]([O-])c2c1)c1cccnc1. The first-order valence-corrected chi connectivity index (χ1v) is 5.97. The first-order chi connectivity index (χ1) is 10.2. The minimum Gasteiger partial charge on any atom is -0.359 e. The summed E-state index contributed by atoms with van der Waals surface area (Å²) in [5.74, 6) is -0.371. The number of carbonyl (C=O) groups excluding carboxylic acids is 1. The third kappa shape index (κ3) is 2.68. The number of hydrogen-bond donors (Lipinski definition) is 1. The summed E-state index contributed by atoms with van der Waals surface area (Å²) in [6.45, 7) is 0. The number of nitrogens with one attached hydrogen (secondary N) is 1. The Morgan fingerprint density at radius 2 is 2.33 bits per heavy atom. The van der Waals surface area contributed by atoms with Gasteiger partial charge in [0.1, 0.15) is 0 Å². The number of rotatable bonds is 3. The molecule has 2 heterocycles. The standard InChI is InChI=1S/C13H9N5O3/c19-13(10-2-1-5-14-8-10)16-15-7-9-3-4-11-12(6-9)18(20)21-17-11/h1-8H,(H,16,19)/b15-7+. The first kappa shape index (κ1) is 12.7. The van der Waals surface area contributed by atoms with Crippen LogP contribution in [0.25, 0.3) is 11.0 Å². The van der Waals surface area contributed by atoms with E-state index in [1.165, 1.54) is 12.4 Å². The van der Waals surface area contributed by atoms with Gasteiger partial charge in [-0.1, -0.05) is 0 Å². The van der Waals surface area contributed by atoms with Crippen molar-refractivity contribution in [1.82, 2.24) is 15.6 Å². The average Bonchev–Trinajstić information content (AvgIpc) is 2.89. The summed E-state index contributed by atoms with van der Waals surface area (Å²) < 4.78 is 4.46. The number of hydrazone groups is 1. The maximum absolute atomic E-state index is 11.7. The molecular formula is C13H9N5O3. The molecule has 104 valence electrons. The molecule has 3 aromatic rings. The molecule has 0 aliphatic carbocycles. The van der Waals surface area contributed by atoms with Crippen LogP contribution in [0.3, 0.4) is 0 Å². The summed E-state index contributed by atoms with van der Waals surface area (Å²) in [7, 11) is 0. The highest BCUT2D eigenvalue weighted by Gasteiger charge is 2.08. The number of carbonyl (C=O) groups is 1. The van der Waals surface area contributed by atoms with E-state index in [1.807, 2.05) is 0 Å². The van der Waals surface area contributed by atoms with Crippen LogP contribution in [0.4, 0.5) is 0 Å². The lowest BCUT2D eigenvalue weighted by atomic mass is 10.2. The normalized spacial score (nSPS) is 11.0. The Hall–Kier alpha value is -3.29. The van der Waals surface area contributed by atoms with Crippen molar-refractivity contribution in [3.05, 3.63) is 59.1 Å². The van der Waals surface area contributed by atoms with Crippen LogP contribution in [0, 0.1) is 5.21 Å². The summed E-state index contributed by atoms with van der Waals surface area (Å²) in [6.07, 6.45) is 4.43. The predicted octanol–water partition coefficient (Wildman–Crippen LogP) is 0.620. The second kappa shape index (κ2) is 5.37. The average molecular weight is 283 g/mol. The van der Waals surface area contributed by atoms with Crippen molar-refractivity contribution in [3.63, 3.8) is 0 Å². The Balaban J connectivity index is 1.73. The fraction of sp³-hybridized carbons (Fsp3) is 0. The van der Waals surface area contributed by atoms with Gasteiger partial charge >= 0.3 is 0 Å². The van der Waals surface area contributed by atoms with Crippen LogP contribution >= 0.6 is 0 Å². The summed E-state index contributed by atoms with van der Waals surface area (Å²) in [4.78, 5) is 15.9. The van der Waals surface area contributed by atoms with E-state index < -0.39 is 0 Å². The molecule has 0 saturated heterocycles. The molecule has 0 bridgehead atoms. The van der Waals surface area contributed by atoms with Gasteiger partial charge in [-0.15, -0.1) is 0 Å². The number of benzene rings is 1. The quantitative estimate of drug-likeness (QED) is 0.430. The minimum atomic E-state index is -0.371. The number of aromatic nitrogens is 3. The van der Waals surface area contributed by atoms with Gasteiger partial charge in [0.25, 0.3) is 5.91 Å². The van der Waals surface area contributed by atoms with Crippen molar-refractivity contribution in [2.75, 3.05) is 0 Å². The van der Waals surface area contributed by atoms with Crippen molar-refractivity contribution in [3.8, 4) is 0 Å². The minimum absolute atomic E-state index is 0.289. The highest BCUT2D eigenvalue weighted by Crippen LogP contribution is 2.08. The van der Waals surface area contributed by atoms with E-state index in [0.717, 1.165) is 0 Å². The molecule has 0 saturated carbocycles. The second-order valence-corrected chi connectivity index (χ2v) is 4.12. The Morgan fingerprint density at radius 1 is 1.43 bits per heavy atom. The van der Waals surface area contributed by atoms with Crippen molar-refractivity contribution < 1.29 is 14.3 Å². The summed E-state index contributed by atoms with van der Waals surface area (Å²) in [5.41, 5.74) is 4.14. The van der Waals surface area contributed by atoms with Gasteiger partial charge in [0.15, 0.2) is 0 Å². The fourth-order valence-corrected chi connectivity index (χ4v) is 1.70. The van der Waals surface area contributed by atoms with Crippen molar-refractivity contribution in [2.45, 2.75) is 0 Å². The zero-order valence-electron chi connectivity index (χ0n) is 10.6. The highest BCUT2D eigenvalue weighted by molar-refractivity contribution is 5.94. The monoisotopic (exact) mass is 283 g/mol. The van der Waals surface area contributed by atoms with Gasteiger partial charge in [-0.25, -0.2) is 5.43 Å². The molecule has 1 aromatic carbocycles. The van der Waals surface area contributed by atoms with E-state index in [2.05, 4.69) is 25.3 Å². The number of pyridine rings is 1. The lowest BCUT2D eigenvalue weighted by molar-refractivity contribution is -0.782. The van der Waals surface area contributed by atoms with Gasteiger partial charge < -0.3 is 5.21 Å². The van der Waals surface area contributed by atoms with E-state index in [1.54, 1.807) is 36.5 Å². The zero-order chi connectivity index (χ0) is 14.7. The van der Waals surface area contributed by atoms with Crippen LogP contribution < -0.4 is 10.3 Å². The molecule has 8 nitrogen and oxygen atoms in total. The molecule has 0 fully saturated rings. The third-order valence-electron chi connectivity index (χ3n) is 2.71. The molecule has 21 heavy (non-hydrogen) atoms. The van der Waals surface area contributed by atoms with Gasteiger partial charge in [-0.05, 0) is 34.7 Å². The fourth-order valence-electron chi connectivity index (χ4n) is 1.70. The molecule has 1 amide bonds. The molecule has 3 rings (SSSR count). The van der Waals surface area contributed by atoms with Gasteiger partial charge in [0.2, 0.25) is 11.0 Å². The Morgan fingerprint density at radius 3 is 3.14 bits per heavy atom. The van der Waals surface area contributed by atoms with Gasteiger partial charge in [0, 0.05) is 23.6 Å². The van der Waals surface area contributed by atoms with Crippen LogP contribution in [0.5, 0.6) is 0 Å². The molecular weight excluding hydrogens is 274 g/mol. The molecule has 0 spiro atoms. The van der Waals surface area contributed by atoms with Crippen LogP contribution in [-0.2, 0) is 0 Å². The van der Waals surface area contributed by atoms with Crippen molar-refractivity contribution >= 4 is 23.2 Å². The lowest BCUT2D eigenvalue weighted by Gasteiger charge is -1.98. The number of hydrogen-bond acceptors (Lipinski definition) is 6. The number of fused-ring (bicyclic) bond motifs is 1. The third-order valence-corrected chi connectivity index (χ3v) is 2.71. The van der Waals surface area contributed by atoms with Gasteiger partial charge in [-0.3, -0.25) is 14.4 Å².